The number of nitrogens with zero attached hydrogens (tertiary/aromatic N) is 4. The van der Waals surface area contributed by atoms with Crippen LogP contribution in [0, 0.1) is 0 Å². The molecule has 1 amide bonds. The van der Waals surface area contributed by atoms with Gasteiger partial charge in [-0.15, -0.1) is 0 Å². The summed E-state index contributed by atoms with van der Waals surface area (Å²) in [7, 11) is 0. The van der Waals surface area contributed by atoms with Crippen molar-refractivity contribution < 1.29 is 9.53 Å². The molecular formula is C18H21N5O2. The third-order valence-corrected chi connectivity index (χ3v) is 4.84. The van der Waals surface area contributed by atoms with Crippen LogP contribution >= 0.6 is 0 Å². The summed E-state index contributed by atoms with van der Waals surface area (Å²) < 4.78 is 6.15. The van der Waals surface area contributed by atoms with E-state index in [9.17, 15) is 4.79 Å². The lowest BCUT2D eigenvalue weighted by molar-refractivity contribution is -0.0447. The molecule has 0 aromatic carbocycles. The Kier molecular flexibility index (Phi) is 4.31. The Morgan fingerprint density at radius 2 is 2.16 bits per heavy atom. The van der Waals surface area contributed by atoms with E-state index in [1.54, 1.807) is 36.9 Å². The van der Waals surface area contributed by atoms with Crippen LogP contribution in [0.15, 0.2) is 43.0 Å². The number of anilines is 1. The zero-order chi connectivity index (χ0) is 17.1. The van der Waals surface area contributed by atoms with E-state index >= 15 is 0 Å². The Morgan fingerprint density at radius 1 is 1.28 bits per heavy atom. The van der Waals surface area contributed by atoms with Gasteiger partial charge in [0, 0.05) is 37.8 Å². The number of hydrogen-bond donors (Lipinski definition) is 1. The van der Waals surface area contributed by atoms with Crippen LogP contribution < -0.4 is 5.32 Å². The first-order valence-electron chi connectivity index (χ1n) is 8.61. The molecule has 0 radical (unpaired) electrons. The molecule has 130 valence electrons. The number of rotatable bonds is 3. The SMILES string of the molecule is O=C(c1cccnc1)N1CCC[C@]2(C[C@@H](Nc3ncccn3)CO2)C1. The Morgan fingerprint density at radius 3 is 2.96 bits per heavy atom. The normalized spacial score (nSPS) is 25.9. The summed E-state index contributed by atoms with van der Waals surface area (Å²) >= 11 is 0. The van der Waals surface area contributed by atoms with Gasteiger partial charge in [0.05, 0.1) is 30.4 Å². The standard InChI is InChI=1S/C18H21N5O2/c24-16(14-4-1-6-19-11-14)23-9-2-5-18(13-23)10-15(12-25-18)22-17-20-7-3-8-21-17/h1,3-4,6-8,11,15H,2,5,9-10,12-13H2,(H,20,21,22)/t15-,18+/m1/s1. The molecule has 2 saturated heterocycles. The third-order valence-electron chi connectivity index (χ3n) is 4.84. The fraction of sp³-hybridized carbons (Fsp3) is 0.444. The van der Waals surface area contributed by atoms with Crippen LogP contribution in [0.2, 0.25) is 0 Å². The molecule has 1 spiro atoms. The fourth-order valence-corrected chi connectivity index (χ4v) is 3.72. The summed E-state index contributed by atoms with van der Waals surface area (Å²) in [4.78, 5) is 27.1. The maximum atomic E-state index is 12.7. The van der Waals surface area contributed by atoms with E-state index < -0.39 is 0 Å². The lowest BCUT2D eigenvalue weighted by Gasteiger charge is -2.39. The number of likely N-dealkylation sites (tertiary alicyclic amines) is 1. The van der Waals surface area contributed by atoms with Crippen LogP contribution in [0.4, 0.5) is 5.95 Å². The quantitative estimate of drug-likeness (QED) is 0.918. The predicted octanol–water partition coefficient (Wildman–Crippen LogP) is 1.75. The highest BCUT2D eigenvalue weighted by molar-refractivity contribution is 5.94. The minimum Gasteiger partial charge on any atom is -0.371 e. The molecule has 2 aliphatic heterocycles. The van der Waals surface area contributed by atoms with E-state index in [1.807, 2.05) is 11.0 Å². The number of aromatic nitrogens is 3. The lowest BCUT2D eigenvalue weighted by atomic mass is 9.88. The highest BCUT2D eigenvalue weighted by Crippen LogP contribution is 2.35. The molecule has 2 aromatic heterocycles. The Labute approximate surface area is 146 Å². The second-order valence-electron chi connectivity index (χ2n) is 6.68. The smallest absolute Gasteiger partial charge is 0.255 e. The van der Waals surface area contributed by atoms with Gasteiger partial charge >= 0.3 is 0 Å². The van der Waals surface area contributed by atoms with Crippen LogP contribution in [0.1, 0.15) is 29.6 Å². The molecule has 0 saturated carbocycles. The van der Waals surface area contributed by atoms with E-state index in [1.165, 1.54) is 0 Å². The van der Waals surface area contributed by atoms with Gasteiger partial charge in [-0.25, -0.2) is 9.97 Å². The molecule has 2 aromatic rings. The number of amides is 1. The molecule has 4 rings (SSSR count). The van der Waals surface area contributed by atoms with Crippen molar-refractivity contribution in [3.63, 3.8) is 0 Å². The second-order valence-corrected chi connectivity index (χ2v) is 6.68. The molecule has 1 N–H and O–H groups in total. The summed E-state index contributed by atoms with van der Waals surface area (Å²) in [6.45, 7) is 1.99. The van der Waals surface area contributed by atoms with Crippen molar-refractivity contribution in [2.24, 2.45) is 0 Å². The second kappa shape index (κ2) is 6.76. The number of nitrogens with one attached hydrogen (secondary N) is 1. The topological polar surface area (TPSA) is 80.2 Å². The van der Waals surface area contributed by atoms with Crippen LogP contribution in [0.25, 0.3) is 0 Å². The zero-order valence-corrected chi connectivity index (χ0v) is 14.0. The van der Waals surface area contributed by atoms with Gasteiger partial charge in [0.2, 0.25) is 5.95 Å². The summed E-state index contributed by atoms with van der Waals surface area (Å²) in [6, 6.07) is 5.55. The van der Waals surface area contributed by atoms with Gasteiger partial charge in [0.25, 0.3) is 5.91 Å². The van der Waals surface area contributed by atoms with Crippen LogP contribution in [-0.2, 0) is 4.74 Å². The van der Waals surface area contributed by atoms with E-state index in [0.29, 0.717) is 24.7 Å². The molecule has 7 nitrogen and oxygen atoms in total. The summed E-state index contributed by atoms with van der Waals surface area (Å²) in [6.07, 6.45) is 9.50. The molecule has 4 heterocycles. The minimum absolute atomic E-state index is 0.0265. The first-order valence-corrected chi connectivity index (χ1v) is 8.61. The average molecular weight is 339 g/mol. The van der Waals surface area contributed by atoms with Gasteiger partial charge in [-0.1, -0.05) is 0 Å². The number of hydrogen-bond acceptors (Lipinski definition) is 6. The van der Waals surface area contributed by atoms with E-state index in [2.05, 4.69) is 20.3 Å². The van der Waals surface area contributed by atoms with Gasteiger partial charge in [0.1, 0.15) is 0 Å². The highest BCUT2D eigenvalue weighted by Gasteiger charge is 2.44. The zero-order valence-electron chi connectivity index (χ0n) is 14.0. The molecule has 0 aliphatic carbocycles. The van der Waals surface area contributed by atoms with Crippen molar-refractivity contribution in [3.8, 4) is 0 Å². The average Bonchev–Trinajstić information content (AvgIpc) is 3.04. The molecule has 2 atom stereocenters. The van der Waals surface area contributed by atoms with Crippen molar-refractivity contribution >= 4 is 11.9 Å². The van der Waals surface area contributed by atoms with Gasteiger partial charge in [-0.2, -0.15) is 0 Å². The van der Waals surface area contributed by atoms with Gasteiger partial charge in [-0.3, -0.25) is 9.78 Å². The summed E-state index contributed by atoms with van der Waals surface area (Å²) in [5, 5.41) is 3.33. The number of pyridine rings is 1. The van der Waals surface area contributed by atoms with Crippen molar-refractivity contribution in [3.05, 3.63) is 48.5 Å². The molecule has 0 unspecified atom stereocenters. The number of piperidine rings is 1. The monoisotopic (exact) mass is 339 g/mol. The molecule has 2 aliphatic rings. The Bertz CT molecular complexity index is 727. The maximum Gasteiger partial charge on any atom is 0.255 e. The molecule has 0 bridgehead atoms. The Hall–Kier alpha value is -2.54. The van der Waals surface area contributed by atoms with Crippen molar-refractivity contribution in [1.29, 1.82) is 0 Å². The Balaban J connectivity index is 1.42. The van der Waals surface area contributed by atoms with Gasteiger partial charge in [0.15, 0.2) is 0 Å². The largest absolute Gasteiger partial charge is 0.371 e. The molecule has 2 fully saturated rings. The van der Waals surface area contributed by atoms with E-state index in [-0.39, 0.29) is 17.6 Å². The predicted molar refractivity (Wildman–Crippen MR) is 92.1 cm³/mol. The van der Waals surface area contributed by atoms with Crippen LogP contribution in [0.3, 0.4) is 0 Å². The molecule has 7 heteroatoms. The van der Waals surface area contributed by atoms with Crippen molar-refractivity contribution in [2.75, 3.05) is 25.0 Å². The third kappa shape index (κ3) is 3.46. The summed E-state index contributed by atoms with van der Waals surface area (Å²) in [5.41, 5.74) is 0.354. The van der Waals surface area contributed by atoms with Crippen molar-refractivity contribution in [1.82, 2.24) is 19.9 Å². The van der Waals surface area contributed by atoms with E-state index in [0.717, 1.165) is 25.8 Å². The number of carbonyl (C=O) groups is 1. The first kappa shape index (κ1) is 16.0. The lowest BCUT2D eigenvalue weighted by Crippen LogP contribution is -2.50. The molecule has 25 heavy (non-hydrogen) atoms. The van der Waals surface area contributed by atoms with Gasteiger partial charge in [-0.05, 0) is 31.0 Å². The highest BCUT2D eigenvalue weighted by atomic mass is 16.5. The van der Waals surface area contributed by atoms with E-state index in [4.69, 9.17) is 4.74 Å². The molecular weight excluding hydrogens is 318 g/mol. The van der Waals surface area contributed by atoms with Crippen molar-refractivity contribution in [2.45, 2.75) is 30.9 Å². The fourth-order valence-electron chi connectivity index (χ4n) is 3.72. The number of ether oxygens (including phenoxy) is 1. The minimum atomic E-state index is -0.275. The first-order chi connectivity index (χ1) is 12.2. The van der Waals surface area contributed by atoms with Crippen LogP contribution in [-0.4, -0.2) is 57.1 Å². The van der Waals surface area contributed by atoms with Gasteiger partial charge < -0.3 is 15.0 Å². The summed E-state index contributed by atoms with van der Waals surface area (Å²) in [5.74, 6) is 0.644. The van der Waals surface area contributed by atoms with Crippen LogP contribution in [0.5, 0.6) is 0 Å². The maximum absolute atomic E-state index is 12.7. The number of carbonyl (C=O) groups excluding carboxylic acids is 1.